The largest absolute Gasteiger partial charge is 0.367 e. The van der Waals surface area contributed by atoms with Crippen molar-refractivity contribution >= 4 is 17.4 Å². The van der Waals surface area contributed by atoms with Gasteiger partial charge in [0, 0.05) is 12.1 Å². The van der Waals surface area contributed by atoms with Crippen molar-refractivity contribution in [2.24, 2.45) is 0 Å². The fraction of sp³-hybridized carbons (Fsp3) is 0.692. The first kappa shape index (κ1) is 14.5. The smallest absolute Gasteiger partial charge is 0.163 e. The van der Waals surface area contributed by atoms with E-state index in [2.05, 4.69) is 29.1 Å². The maximum Gasteiger partial charge on any atom is 0.163 e. The molecule has 106 valence electrons. The first-order chi connectivity index (χ1) is 8.89. The maximum atomic E-state index is 6.12. The molecule has 6 heteroatoms. The van der Waals surface area contributed by atoms with Crippen molar-refractivity contribution in [2.45, 2.75) is 45.5 Å². The summed E-state index contributed by atoms with van der Waals surface area (Å²) in [5.74, 6) is 0.521. The van der Waals surface area contributed by atoms with Gasteiger partial charge in [-0.2, -0.15) is 0 Å². The van der Waals surface area contributed by atoms with E-state index >= 15 is 0 Å². The number of nitrogens with zero attached hydrogens (tertiary/aromatic N) is 2. The van der Waals surface area contributed by atoms with Gasteiger partial charge < -0.3 is 14.8 Å². The lowest BCUT2D eigenvalue weighted by molar-refractivity contribution is -0.136. The minimum absolute atomic E-state index is 0.0174. The summed E-state index contributed by atoms with van der Waals surface area (Å²) in [4.78, 5) is 8.28. The molecule has 1 aliphatic rings. The molecule has 1 saturated heterocycles. The van der Waals surface area contributed by atoms with Crippen molar-refractivity contribution in [2.75, 3.05) is 18.5 Å². The highest BCUT2D eigenvalue weighted by Crippen LogP contribution is 2.28. The van der Waals surface area contributed by atoms with Gasteiger partial charge in [0.2, 0.25) is 0 Å². The summed E-state index contributed by atoms with van der Waals surface area (Å²) in [6, 6.07) is 0. The van der Waals surface area contributed by atoms with Crippen molar-refractivity contribution in [1.82, 2.24) is 9.97 Å². The van der Waals surface area contributed by atoms with Gasteiger partial charge in [-0.3, -0.25) is 0 Å². The molecule has 5 nitrogen and oxygen atoms in total. The molecule has 0 spiro atoms. The van der Waals surface area contributed by atoms with Gasteiger partial charge in [0.05, 0.1) is 6.61 Å². The molecule has 0 bridgehead atoms. The molecule has 1 atom stereocenters. The van der Waals surface area contributed by atoms with Crippen molar-refractivity contribution < 1.29 is 9.47 Å². The van der Waals surface area contributed by atoms with E-state index in [1.807, 2.05) is 13.8 Å². The number of nitrogens with one attached hydrogen (secondary N) is 1. The summed E-state index contributed by atoms with van der Waals surface area (Å²) < 4.78 is 11.3. The van der Waals surface area contributed by atoms with Gasteiger partial charge in [-0.25, -0.2) is 9.97 Å². The van der Waals surface area contributed by atoms with Crippen LogP contribution in [0.15, 0.2) is 6.33 Å². The van der Waals surface area contributed by atoms with Crippen molar-refractivity contribution in [3.05, 3.63) is 17.0 Å². The van der Waals surface area contributed by atoms with Gasteiger partial charge in [0.1, 0.15) is 23.4 Å². The average molecular weight is 286 g/mol. The monoisotopic (exact) mass is 285 g/mol. The van der Waals surface area contributed by atoms with E-state index in [1.165, 1.54) is 6.33 Å². The third-order valence-corrected chi connectivity index (χ3v) is 3.28. The van der Waals surface area contributed by atoms with Crippen LogP contribution in [0.3, 0.4) is 0 Å². The number of hydrogen-bond acceptors (Lipinski definition) is 5. The highest BCUT2D eigenvalue weighted by Gasteiger charge is 2.32. The summed E-state index contributed by atoms with van der Waals surface area (Å²) in [5, 5.41) is 3.77. The van der Waals surface area contributed by atoms with Crippen LogP contribution in [0.25, 0.3) is 0 Å². The average Bonchev–Trinajstić information content (AvgIpc) is 2.66. The number of hydrogen-bond donors (Lipinski definition) is 1. The molecule has 1 N–H and O–H groups in total. The Morgan fingerprint density at radius 1 is 1.47 bits per heavy atom. The second kappa shape index (κ2) is 5.61. The molecule has 19 heavy (non-hydrogen) atoms. The molecule has 1 aromatic rings. The second-order valence-electron chi connectivity index (χ2n) is 5.41. The van der Waals surface area contributed by atoms with Crippen molar-refractivity contribution in [3.8, 4) is 0 Å². The first-order valence-corrected chi connectivity index (χ1v) is 6.83. The minimum atomic E-state index is -0.503. The topological polar surface area (TPSA) is 56.3 Å². The highest BCUT2D eigenvalue weighted by atomic mass is 35.5. The lowest BCUT2D eigenvalue weighted by atomic mass is 10.1. The Kier molecular flexibility index (Phi) is 4.28. The molecule has 1 aromatic heterocycles. The summed E-state index contributed by atoms with van der Waals surface area (Å²) in [5.41, 5.74) is 0.933. The van der Waals surface area contributed by atoms with E-state index in [0.717, 1.165) is 11.4 Å². The standard InChI is InChI=1S/C13H20ClN3O2/c1-8(2)10-11(14)16-7-17-12(10)15-5-9-6-18-13(3,4)19-9/h7-9H,5-6H2,1-4H3,(H,15,16,17). The number of ether oxygens (including phenoxy) is 2. The Bertz CT molecular complexity index is 452. The maximum absolute atomic E-state index is 6.12. The number of aromatic nitrogens is 2. The van der Waals surface area contributed by atoms with Crippen LogP contribution in [0.4, 0.5) is 5.82 Å². The van der Waals surface area contributed by atoms with Gasteiger partial charge in [-0.15, -0.1) is 0 Å². The summed E-state index contributed by atoms with van der Waals surface area (Å²) >= 11 is 6.12. The molecule has 0 aliphatic carbocycles. The predicted octanol–water partition coefficient (Wildman–Crippen LogP) is 2.82. The van der Waals surface area contributed by atoms with Crippen LogP contribution < -0.4 is 5.32 Å². The fourth-order valence-electron chi connectivity index (χ4n) is 2.10. The molecule has 0 amide bonds. The summed E-state index contributed by atoms with van der Waals surface area (Å²) in [6.45, 7) is 9.16. The predicted molar refractivity (Wildman–Crippen MR) is 74.5 cm³/mol. The highest BCUT2D eigenvalue weighted by molar-refractivity contribution is 6.30. The zero-order chi connectivity index (χ0) is 14.0. The molecule has 0 saturated carbocycles. The van der Waals surface area contributed by atoms with Crippen LogP contribution in [0.5, 0.6) is 0 Å². The van der Waals surface area contributed by atoms with E-state index in [1.54, 1.807) is 0 Å². The zero-order valence-electron chi connectivity index (χ0n) is 11.7. The molecule has 1 aliphatic heterocycles. The van der Waals surface area contributed by atoms with Gasteiger partial charge in [-0.1, -0.05) is 25.4 Å². The Morgan fingerprint density at radius 2 is 2.21 bits per heavy atom. The third kappa shape index (κ3) is 3.55. The number of halogens is 1. The fourth-order valence-corrected chi connectivity index (χ4v) is 2.45. The summed E-state index contributed by atoms with van der Waals surface area (Å²) in [6.07, 6.45) is 1.48. The number of anilines is 1. The van der Waals surface area contributed by atoms with Crippen LogP contribution in [0, 0.1) is 0 Å². The Balaban J connectivity index is 2.02. The Labute approximate surface area is 118 Å². The van der Waals surface area contributed by atoms with E-state index in [9.17, 15) is 0 Å². The first-order valence-electron chi connectivity index (χ1n) is 6.45. The van der Waals surface area contributed by atoms with E-state index in [0.29, 0.717) is 18.3 Å². The molecule has 0 radical (unpaired) electrons. The van der Waals surface area contributed by atoms with Crippen LogP contribution >= 0.6 is 11.6 Å². The normalized spacial score (nSPS) is 21.9. The van der Waals surface area contributed by atoms with Crippen LogP contribution in [-0.2, 0) is 9.47 Å². The van der Waals surface area contributed by atoms with Gasteiger partial charge >= 0.3 is 0 Å². The molecule has 2 rings (SSSR count). The molecular weight excluding hydrogens is 266 g/mol. The van der Waals surface area contributed by atoms with E-state index < -0.39 is 5.79 Å². The van der Waals surface area contributed by atoms with Crippen LogP contribution in [-0.4, -0.2) is 35.0 Å². The number of rotatable bonds is 4. The van der Waals surface area contributed by atoms with E-state index in [-0.39, 0.29) is 12.0 Å². The van der Waals surface area contributed by atoms with E-state index in [4.69, 9.17) is 21.1 Å². The van der Waals surface area contributed by atoms with Gasteiger partial charge in [0.25, 0.3) is 0 Å². The third-order valence-electron chi connectivity index (χ3n) is 2.98. The quantitative estimate of drug-likeness (QED) is 0.862. The molecular formula is C13H20ClN3O2. The molecule has 1 fully saturated rings. The SMILES string of the molecule is CC(C)c1c(Cl)ncnc1NCC1COC(C)(C)O1. The van der Waals surface area contributed by atoms with Crippen molar-refractivity contribution in [1.29, 1.82) is 0 Å². The second-order valence-corrected chi connectivity index (χ2v) is 5.77. The Hall–Kier alpha value is -0.910. The van der Waals surface area contributed by atoms with Crippen LogP contribution in [0.1, 0.15) is 39.2 Å². The van der Waals surface area contributed by atoms with Crippen molar-refractivity contribution in [3.63, 3.8) is 0 Å². The molecule has 2 heterocycles. The van der Waals surface area contributed by atoms with Gasteiger partial charge in [0.15, 0.2) is 5.79 Å². The minimum Gasteiger partial charge on any atom is -0.367 e. The molecule has 0 aromatic carbocycles. The summed E-state index contributed by atoms with van der Waals surface area (Å²) in [7, 11) is 0. The zero-order valence-corrected chi connectivity index (χ0v) is 12.5. The lowest BCUT2D eigenvalue weighted by Gasteiger charge is -2.18. The molecule has 1 unspecified atom stereocenters. The van der Waals surface area contributed by atoms with Crippen LogP contribution in [0.2, 0.25) is 5.15 Å². The van der Waals surface area contributed by atoms with Gasteiger partial charge in [-0.05, 0) is 19.8 Å². The lowest BCUT2D eigenvalue weighted by Crippen LogP contribution is -2.26. The Morgan fingerprint density at radius 3 is 2.79 bits per heavy atom.